The molecule has 0 saturated heterocycles. The van der Waals surface area contributed by atoms with Gasteiger partial charge in [0.05, 0.1) is 11.5 Å². The van der Waals surface area contributed by atoms with Crippen LogP contribution in [0.4, 0.5) is 0 Å². The largest absolute Gasteiger partial charge is 0.481 e. The van der Waals surface area contributed by atoms with Gasteiger partial charge in [-0.2, -0.15) is 0 Å². The van der Waals surface area contributed by atoms with Gasteiger partial charge >= 0.3 is 11.9 Å². The molecular weight excluding hydrogens is 248 g/mol. The molecule has 19 heavy (non-hydrogen) atoms. The van der Waals surface area contributed by atoms with Gasteiger partial charge in [0.1, 0.15) is 0 Å². The zero-order valence-electron chi connectivity index (χ0n) is 10.6. The maximum atomic E-state index is 11.9. The van der Waals surface area contributed by atoms with E-state index in [1.807, 2.05) is 6.92 Å². The molecule has 0 aromatic heterocycles. The van der Waals surface area contributed by atoms with Gasteiger partial charge in [0.2, 0.25) is 0 Å². The molecule has 0 heterocycles. The predicted octanol–water partition coefficient (Wildman–Crippen LogP) is 2.46. The van der Waals surface area contributed by atoms with Crippen molar-refractivity contribution in [3.05, 3.63) is 35.4 Å². The number of rotatable bonds is 7. The van der Waals surface area contributed by atoms with Gasteiger partial charge in [-0.3, -0.25) is 9.59 Å². The first kappa shape index (κ1) is 14.9. The Morgan fingerprint density at radius 1 is 1.05 bits per heavy atom. The molecular formula is C14H16O5. The second-order valence-electron chi connectivity index (χ2n) is 4.33. The van der Waals surface area contributed by atoms with Crippen LogP contribution in [0.5, 0.6) is 0 Å². The highest BCUT2D eigenvalue weighted by molar-refractivity contribution is 5.99. The zero-order chi connectivity index (χ0) is 14.4. The molecule has 5 heteroatoms. The number of carboxylic acid groups (broad SMARTS) is 2. The summed E-state index contributed by atoms with van der Waals surface area (Å²) in [5.74, 6) is -3.00. The van der Waals surface area contributed by atoms with Crippen LogP contribution in [0.15, 0.2) is 24.3 Å². The van der Waals surface area contributed by atoms with Gasteiger partial charge in [0, 0.05) is 12.0 Å². The second kappa shape index (κ2) is 6.68. The maximum absolute atomic E-state index is 11.9. The number of carbonyl (C=O) groups excluding carboxylic acids is 1. The van der Waals surface area contributed by atoms with Crippen LogP contribution in [0.1, 0.15) is 46.9 Å². The summed E-state index contributed by atoms with van der Waals surface area (Å²) in [6.45, 7) is 1.86. The molecule has 2 N–H and O–H groups in total. The van der Waals surface area contributed by atoms with Crippen molar-refractivity contribution in [2.24, 2.45) is 5.92 Å². The van der Waals surface area contributed by atoms with Gasteiger partial charge in [-0.1, -0.05) is 25.5 Å². The van der Waals surface area contributed by atoms with E-state index in [1.54, 1.807) is 0 Å². The van der Waals surface area contributed by atoms with Crippen LogP contribution in [-0.4, -0.2) is 27.9 Å². The zero-order valence-corrected chi connectivity index (χ0v) is 10.6. The lowest BCUT2D eigenvalue weighted by molar-refractivity contribution is -0.141. The van der Waals surface area contributed by atoms with Crippen LogP contribution in [0.3, 0.4) is 0 Å². The molecule has 1 aromatic rings. The van der Waals surface area contributed by atoms with Gasteiger partial charge in [-0.05, 0) is 18.6 Å². The maximum Gasteiger partial charge on any atom is 0.335 e. The van der Waals surface area contributed by atoms with Crippen LogP contribution < -0.4 is 0 Å². The number of carboxylic acids is 2. The molecule has 1 atom stereocenters. The van der Waals surface area contributed by atoms with E-state index in [4.69, 9.17) is 10.2 Å². The fraction of sp³-hybridized carbons (Fsp3) is 0.357. The molecule has 1 aromatic carbocycles. The average Bonchev–Trinajstić information content (AvgIpc) is 2.38. The average molecular weight is 264 g/mol. The van der Waals surface area contributed by atoms with E-state index in [0.717, 1.165) is 0 Å². The smallest absolute Gasteiger partial charge is 0.335 e. The summed E-state index contributed by atoms with van der Waals surface area (Å²) in [6, 6.07) is 5.50. The summed E-state index contributed by atoms with van der Waals surface area (Å²) in [5.41, 5.74) is 0.437. The van der Waals surface area contributed by atoms with E-state index in [0.29, 0.717) is 18.4 Å². The highest BCUT2D eigenvalue weighted by Gasteiger charge is 2.21. The fourth-order valence-electron chi connectivity index (χ4n) is 1.80. The number of ketones is 1. The van der Waals surface area contributed by atoms with Crippen LogP contribution in [0.25, 0.3) is 0 Å². The van der Waals surface area contributed by atoms with Crippen molar-refractivity contribution in [3.8, 4) is 0 Å². The molecule has 0 unspecified atom stereocenters. The normalized spacial score (nSPS) is 11.8. The van der Waals surface area contributed by atoms with E-state index in [2.05, 4.69) is 0 Å². The lowest BCUT2D eigenvalue weighted by Crippen LogP contribution is -2.18. The Labute approximate surface area is 110 Å². The first-order chi connectivity index (χ1) is 8.95. The highest BCUT2D eigenvalue weighted by Crippen LogP contribution is 2.16. The minimum absolute atomic E-state index is 0.0599. The Morgan fingerprint density at radius 3 is 2.00 bits per heavy atom. The quantitative estimate of drug-likeness (QED) is 0.738. The number of carbonyl (C=O) groups is 3. The van der Waals surface area contributed by atoms with E-state index in [1.165, 1.54) is 24.3 Å². The van der Waals surface area contributed by atoms with Crippen molar-refractivity contribution in [3.63, 3.8) is 0 Å². The highest BCUT2D eigenvalue weighted by atomic mass is 16.4. The van der Waals surface area contributed by atoms with Crippen molar-refractivity contribution >= 4 is 17.7 Å². The predicted molar refractivity (Wildman–Crippen MR) is 68.4 cm³/mol. The van der Waals surface area contributed by atoms with Crippen molar-refractivity contribution in [1.82, 2.24) is 0 Å². The molecule has 0 bridgehead atoms. The van der Waals surface area contributed by atoms with Crippen LogP contribution in [0.2, 0.25) is 0 Å². The Balaban J connectivity index is 2.76. The summed E-state index contributed by atoms with van der Waals surface area (Å²) in [6.07, 6.45) is 1.09. The molecule has 0 aliphatic carbocycles. The van der Waals surface area contributed by atoms with E-state index >= 15 is 0 Å². The molecule has 0 fully saturated rings. The first-order valence-corrected chi connectivity index (χ1v) is 6.05. The van der Waals surface area contributed by atoms with E-state index < -0.39 is 17.9 Å². The minimum atomic E-state index is -1.06. The van der Waals surface area contributed by atoms with Crippen LogP contribution >= 0.6 is 0 Å². The second-order valence-corrected chi connectivity index (χ2v) is 4.33. The lowest BCUT2D eigenvalue weighted by Gasteiger charge is -2.10. The molecule has 0 aliphatic rings. The van der Waals surface area contributed by atoms with Crippen molar-refractivity contribution in [2.45, 2.75) is 26.2 Å². The Bertz CT molecular complexity index is 475. The summed E-state index contributed by atoms with van der Waals surface area (Å²) >= 11 is 0. The summed E-state index contributed by atoms with van der Waals surface area (Å²) in [7, 11) is 0. The molecule has 0 spiro atoms. The number of benzene rings is 1. The van der Waals surface area contributed by atoms with Crippen molar-refractivity contribution in [1.29, 1.82) is 0 Å². The Hall–Kier alpha value is -2.17. The summed E-state index contributed by atoms with van der Waals surface area (Å²) in [4.78, 5) is 33.5. The number of hydrogen-bond donors (Lipinski definition) is 2. The van der Waals surface area contributed by atoms with E-state index in [-0.39, 0.29) is 17.8 Å². The third-order valence-electron chi connectivity index (χ3n) is 2.87. The monoisotopic (exact) mass is 264 g/mol. The van der Waals surface area contributed by atoms with Crippen molar-refractivity contribution in [2.75, 3.05) is 0 Å². The van der Waals surface area contributed by atoms with Crippen LogP contribution in [0, 0.1) is 5.92 Å². The molecule has 0 aliphatic heterocycles. The molecule has 5 nitrogen and oxygen atoms in total. The Kier molecular flexibility index (Phi) is 5.23. The molecule has 0 amide bonds. The van der Waals surface area contributed by atoms with Gasteiger partial charge in [-0.15, -0.1) is 0 Å². The molecule has 0 radical (unpaired) electrons. The van der Waals surface area contributed by atoms with Gasteiger partial charge in [0.25, 0.3) is 0 Å². The fourth-order valence-corrected chi connectivity index (χ4v) is 1.80. The minimum Gasteiger partial charge on any atom is -0.481 e. The molecule has 0 saturated carbocycles. The molecule has 102 valence electrons. The number of aliphatic carboxylic acids is 1. The van der Waals surface area contributed by atoms with Crippen molar-refractivity contribution < 1.29 is 24.6 Å². The molecule has 1 rings (SSSR count). The summed E-state index contributed by atoms with van der Waals surface area (Å²) in [5, 5.41) is 17.7. The topological polar surface area (TPSA) is 91.7 Å². The van der Waals surface area contributed by atoms with E-state index in [9.17, 15) is 14.4 Å². The number of aromatic carboxylic acids is 1. The number of hydrogen-bond acceptors (Lipinski definition) is 3. The number of Topliss-reactive ketones (excluding diaryl/α,β-unsaturated/α-hetero) is 1. The van der Waals surface area contributed by atoms with Gasteiger partial charge in [0.15, 0.2) is 5.78 Å². The van der Waals surface area contributed by atoms with Crippen LogP contribution in [-0.2, 0) is 4.79 Å². The van der Waals surface area contributed by atoms with Gasteiger partial charge in [-0.25, -0.2) is 4.79 Å². The first-order valence-electron chi connectivity index (χ1n) is 6.05. The summed E-state index contributed by atoms with van der Waals surface area (Å²) < 4.78 is 0. The third-order valence-corrected chi connectivity index (χ3v) is 2.87. The Morgan fingerprint density at radius 2 is 1.58 bits per heavy atom. The lowest BCUT2D eigenvalue weighted by atomic mass is 9.94. The SMILES string of the molecule is CCC[C@H](CC(=O)c1ccc(C(=O)O)cc1)C(=O)O. The third kappa shape index (κ3) is 4.21. The standard InChI is InChI=1S/C14H16O5/c1-2-3-11(14(18)19)8-12(15)9-4-6-10(7-5-9)13(16)17/h4-7,11H,2-3,8H2,1H3,(H,16,17)(H,18,19)/t11-/m1/s1. The van der Waals surface area contributed by atoms with Gasteiger partial charge < -0.3 is 10.2 Å².